The summed E-state index contributed by atoms with van der Waals surface area (Å²) in [6, 6.07) is 36.9. The van der Waals surface area contributed by atoms with Crippen LogP contribution in [0.1, 0.15) is 44.9 Å². The summed E-state index contributed by atoms with van der Waals surface area (Å²) in [7, 11) is -1.04. The van der Waals surface area contributed by atoms with Crippen molar-refractivity contribution in [3.8, 4) is 11.1 Å². The van der Waals surface area contributed by atoms with E-state index in [1.54, 1.807) is 30.5 Å². The van der Waals surface area contributed by atoms with Crippen LogP contribution in [0, 0.1) is 0 Å². The smallest absolute Gasteiger partial charge is 0.256 e. The van der Waals surface area contributed by atoms with Gasteiger partial charge in [0, 0.05) is 39.7 Å². The highest BCUT2D eigenvalue weighted by Gasteiger charge is 2.20. The molecule has 4 aromatic carbocycles. The number of benzene rings is 4. The normalized spacial score (nSPS) is 12.3. The number of nitrogens with zero attached hydrogens (tertiary/aromatic N) is 2. The van der Waals surface area contributed by atoms with Crippen LogP contribution < -0.4 is 10.6 Å². The number of carbonyl (C=O) groups is 2. The first-order valence-electron chi connectivity index (χ1n) is 14.6. The average molecular weight is 611 g/mol. The quantitative estimate of drug-likeness (QED) is 0.180. The van der Waals surface area contributed by atoms with E-state index in [2.05, 4.69) is 20.6 Å². The first-order chi connectivity index (χ1) is 22.0. The van der Waals surface area contributed by atoms with Crippen LogP contribution in [0.15, 0.2) is 139 Å². The van der Waals surface area contributed by atoms with Crippen LogP contribution in [0.4, 0.5) is 5.69 Å². The predicted octanol–water partition coefficient (Wildman–Crippen LogP) is 7.20. The zero-order valence-corrected chi connectivity index (χ0v) is 25.3. The van der Waals surface area contributed by atoms with Gasteiger partial charge in [-0.25, -0.2) is 0 Å². The number of aromatic nitrogens is 2. The van der Waals surface area contributed by atoms with E-state index in [1.165, 1.54) is 6.20 Å². The maximum atomic E-state index is 13.4. The minimum absolute atomic E-state index is 0.261. The third kappa shape index (κ3) is 6.71. The van der Waals surface area contributed by atoms with E-state index < -0.39 is 16.8 Å². The largest absolute Gasteiger partial charge is 0.339 e. The van der Waals surface area contributed by atoms with Crippen molar-refractivity contribution in [2.24, 2.45) is 0 Å². The molecule has 2 atom stereocenters. The van der Waals surface area contributed by atoms with Crippen molar-refractivity contribution in [2.75, 3.05) is 11.1 Å². The van der Waals surface area contributed by atoms with E-state index in [0.717, 1.165) is 32.7 Å². The van der Waals surface area contributed by atoms with E-state index in [4.69, 9.17) is 0 Å². The van der Waals surface area contributed by atoms with Gasteiger partial charge in [0.15, 0.2) is 0 Å². The molecule has 2 aromatic heterocycles. The minimum atomic E-state index is -1.04. The van der Waals surface area contributed by atoms with Gasteiger partial charge in [0.05, 0.1) is 33.6 Å². The molecular weight excluding hydrogens is 580 g/mol. The molecule has 2 amide bonds. The molecule has 2 heterocycles. The third-order valence-corrected chi connectivity index (χ3v) is 8.78. The van der Waals surface area contributed by atoms with Crippen molar-refractivity contribution in [3.63, 3.8) is 0 Å². The van der Waals surface area contributed by atoms with Crippen LogP contribution in [-0.4, -0.2) is 31.7 Å². The number of hydrogen-bond donors (Lipinski definition) is 2. The lowest BCUT2D eigenvalue weighted by Gasteiger charge is -2.19. The Hall–Kier alpha value is -5.47. The number of carbonyl (C=O) groups excluding carboxylic acids is 2. The first-order valence-corrected chi connectivity index (χ1v) is 15.9. The summed E-state index contributed by atoms with van der Waals surface area (Å²) in [5, 5.41) is 6.85. The molecule has 2 N–H and O–H groups in total. The molecule has 2 unspecified atom stereocenters. The second kappa shape index (κ2) is 13.4. The number of pyridine rings is 2. The summed E-state index contributed by atoms with van der Waals surface area (Å²) >= 11 is 0. The number of anilines is 1. The molecule has 0 aliphatic heterocycles. The van der Waals surface area contributed by atoms with Gasteiger partial charge in [0.2, 0.25) is 0 Å². The lowest BCUT2D eigenvalue weighted by Crippen LogP contribution is -2.30. The Labute approximate surface area is 263 Å². The highest BCUT2D eigenvalue weighted by Crippen LogP contribution is 2.27. The molecule has 0 aliphatic carbocycles. The maximum Gasteiger partial charge on any atom is 0.256 e. The Kier molecular flexibility index (Phi) is 8.84. The molecule has 222 valence electrons. The number of nitrogens with one attached hydrogen (secondary N) is 2. The molecule has 0 spiro atoms. The lowest BCUT2D eigenvalue weighted by atomic mass is 9.99. The van der Waals surface area contributed by atoms with Gasteiger partial charge >= 0.3 is 0 Å². The fraction of sp³-hybridized carbons (Fsp3) is 0.0811. The predicted molar refractivity (Wildman–Crippen MR) is 179 cm³/mol. The van der Waals surface area contributed by atoms with Gasteiger partial charge in [0.1, 0.15) is 0 Å². The molecular formula is C37H30N4O3S. The molecule has 7 nitrogen and oxygen atoms in total. The van der Waals surface area contributed by atoms with Crippen molar-refractivity contribution in [1.82, 2.24) is 15.3 Å². The molecule has 8 heteroatoms. The second-order valence-electron chi connectivity index (χ2n) is 10.4. The molecule has 0 radical (unpaired) electrons. The van der Waals surface area contributed by atoms with Crippen molar-refractivity contribution in [1.29, 1.82) is 0 Å². The Morgan fingerprint density at radius 3 is 2.29 bits per heavy atom. The summed E-state index contributed by atoms with van der Waals surface area (Å²) in [5.74, 6) is 0.0178. The Bertz CT molecular complexity index is 1960. The number of hydrogen-bond acceptors (Lipinski definition) is 5. The fourth-order valence-electron chi connectivity index (χ4n) is 5.14. The van der Waals surface area contributed by atoms with Crippen LogP contribution in [0.3, 0.4) is 0 Å². The van der Waals surface area contributed by atoms with Gasteiger partial charge in [-0.1, -0.05) is 79.7 Å². The van der Waals surface area contributed by atoms with Crippen molar-refractivity contribution >= 4 is 39.2 Å². The van der Waals surface area contributed by atoms with Crippen LogP contribution in [0.25, 0.3) is 22.0 Å². The summed E-state index contributed by atoms with van der Waals surface area (Å²) in [6.45, 7) is 1.88. The molecule has 6 aromatic rings. The molecule has 6 rings (SSSR count). The third-order valence-electron chi connectivity index (χ3n) is 7.46. The summed E-state index contributed by atoms with van der Waals surface area (Å²) in [4.78, 5) is 36.6. The zero-order chi connectivity index (χ0) is 31.2. The van der Waals surface area contributed by atoms with Crippen LogP contribution in [0.5, 0.6) is 0 Å². The van der Waals surface area contributed by atoms with E-state index >= 15 is 0 Å². The minimum Gasteiger partial charge on any atom is -0.339 e. The highest BCUT2D eigenvalue weighted by molar-refractivity contribution is 7.85. The highest BCUT2D eigenvalue weighted by atomic mass is 32.2. The molecule has 0 saturated heterocycles. The first kappa shape index (κ1) is 29.6. The van der Waals surface area contributed by atoms with E-state index in [9.17, 15) is 13.8 Å². The maximum absolute atomic E-state index is 13.4. The number of fused-ring (bicyclic) bond motifs is 1. The number of amides is 2. The summed E-state index contributed by atoms with van der Waals surface area (Å²) < 4.78 is 12.2. The molecule has 0 bridgehead atoms. The van der Waals surface area contributed by atoms with Gasteiger partial charge in [-0.05, 0) is 65.2 Å². The average Bonchev–Trinajstić information content (AvgIpc) is 3.10. The van der Waals surface area contributed by atoms with Crippen molar-refractivity contribution in [2.45, 2.75) is 17.9 Å². The van der Waals surface area contributed by atoms with E-state index in [-0.39, 0.29) is 11.8 Å². The zero-order valence-electron chi connectivity index (χ0n) is 24.5. The monoisotopic (exact) mass is 610 g/mol. The van der Waals surface area contributed by atoms with Gasteiger partial charge < -0.3 is 10.6 Å². The summed E-state index contributed by atoms with van der Waals surface area (Å²) in [5.41, 5.74) is 5.45. The fourth-order valence-corrected chi connectivity index (χ4v) is 5.92. The van der Waals surface area contributed by atoms with Crippen LogP contribution >= 0.6 is 0 Å². The Morgan fingerprint density at radius 1 is 0.778 bits per heavy atom. The Morgan fingerprint density at radius 2 is 1.53 bits per heavy atom. The van der Waals surface area contributed by atoms with E-state index in [1.807, 2.05) is 104 Å². The lowest BCUT2D eigenvalue weighted by molar-refractivity contribution is 0.0941. The number of rotatable bonds is 9. The van der Waals surface area contributed by atoms with Crippen LogP contribution in [-0.2, 0) is 10.8 Å². The van der Waals surface area contributed by atoms with E-state index in [0.29, 0.717) is 28.1 Å². The second-order valence-corrected chi connectivity index (χ2v) is 12.1. The van der Waals surface area contributed by atoms with Crippen molar-refractivity contribution in [3.05, 3.63) is 156 Å². The SMILES string of the molecule is CCS(=O)c1ccc(-c2ccccc2C(=O)Nc2ccc3cc(C(=O)NC(c4ccccc4)c4ccccn4)cnc3c2)cc1. The van der Waals surface area contributed by atoms with Gasteiger partial charge in [0.25, 0.3) is 11.8 Å². The molecule has 0 aliphatic rings. The standard InChI is InChI=1S/C37H30N4O3S/c1-2-45(44)30-19-16-25(17-20-30)31-12-6-7-13-32(31)37(43)40-29-18-15-27-22-28(24-39-34(27)23-29)36(42)41-35(26-10-4-3-5-11-26)33-14-8-9-21-38-33/h3-24,35H,2H2,1H3,(H,40,43)(H,41,42). The van der Waals surface area contributed by atoms with Crippen LogP contribution in [0.2, 0.25) is 0 Å². The molecule has 0 saturated carbocycles. The van der Waals surface area contributed by atoms with Gasteiger partial charge in [-0.15, -0.1) is 0 Å². The molecule has 45 heavy (non-hydrogen) atoms. The van der Waals surface area contributed by atoms with Gasteiger partial charge in [-0.3, -0.25) is 23.8 Å². The summed E-state index contributed by atoms with van der Waals surface area (Å²) in [6.07, 6.45) is 3.24. The topological polar surface area (TPSA) is 101 Å². The van der Waals surface area contributed by atoms with Gasteiger partial charge in [-0.2, -0.15) is 0 Å². The molecule has 0 fully saturated rings. The van der Waals surface area contributed by atoms with Crippen molar-refractivity contribution < 1.29 is 13.8 Å². The Balaban J connectivity index is 1.20.